The molecule has 2 rings (SSSR count). The molecule has 17 heavy (non-hydrogen) atoms. The molecule has 5 nitrogen and oxygen atoms in total. The van der Waals surface area contributed by atoms with Crippen LogP contribution in [-0.2, 0) is 4.74 Å². The maximum Gasteiger partial charge on any atom is 0.338 e. The van der Waals surface area contributed by atoms with E-state index in [0.29, 0.717) is 22.7 Å². The summed E-state index contributed by atoms with van der Waals surface area (Å²) < 4.78 is 15.4. The lowest BCUT2D eigenvalue weighted by Crippen LogP contribution is -2.09. The number of carbonyl (C=O) groups excluding carboxylic acids is 1. The molecule has 0 unspecified atom stereocenters. The highest BCUT2D eigenvalue weighted by atomic mass is 16.7. The molecule has 1 heterocycles. The topological polar surface area (TPSA) is 70.8 Å². The average molecular weight is 237 g/mol. The van der Waals surface area contributed by atoms with Crippen LogP contribution in [0.1, 0.15) is 35.7 Å². The number of ether oxygens (including phenoxy) is 3. The number of anilines is 1. The first-order valence-corrected chi connectivity index (χ1v) is 5.36. The van der Waals surface area contributed by atoms with Gasteiger partial charge < -0.3 is 19.9 Å². The van der Waals surface area contributed by atoms with E-state index in [2.05, 4.69) is 0 Å². The Morgan fingerprint density at radius 1 is 1.41 bits per heavy atom. The Bertz CT molecular complexity index is 468. The zero-order valence-corrected chi connectivity index (χ0v) is 10.1. The fourth-order valence-electron chi connectivity index (χ4n) is 1.97. The number of carbonyl (C=O) groups is 1. The smallest absolute Gasteiger partial charge is 0.338 e. The first-order valence-electron chi connectivity index (χ1n) is 5.36. The first-order chi connectivity index (χ1) is 8.06. The van der Waals surface area contributed by atoms with Crippen molar-refractivity contribution in [3.8, 4) is 11.5 Å². The van der Waals surface area contributed by atoms with E-state index in [1.807, 2.05) is 13.8 Å². The second kappa shape index (κ2) is 4.16. The van der Waals surface area contributed by atoms with Crippen molar-refractivity contribution in [2.24, 2.45) is 0 Å². The molecular weight excluding hydrogens is 222 g/mol. The molecule has 0 amide bonds. The monoisotopic (exact) mass is 237 g/mol. The molecule has 92 valence electrons. The molecule has 0 atom stereocenters. The van der Waals surface area contributed by atoms with E-state index >= 15 is 0 Å². The third-order valence-corrected chi connectivity index (χ3v) is 2.69. The molecule has 2 N–H and O–H groups in total. The predicted molar refractivity (Wildman–Crippen MR) is 62.4 cm³/mol. The Morgan fingerprint density at radius 2 is 2.06 bits per heavy atom. The van der Waals surface area contributed by atoms with E-state index in [-0.39, 0.29) is 12.7 Å². The van der Waals surface area contributed by atoms with Gasteiger partial charge in [0, 0.05) is 5.56 Å². The molecule has 0 radical (unpaired) electrons. The lowest BCUT2D eigenvalue weighted by Gasteiger charge is -2.15. The molecule has 1 aromatic carbocycles. The number of esters is 1. The third kappa shape index (κ3) is 1.77. The normalized spacial score (nSPS) is 12.9. The minimum Gasteiger partial charge on any atom is -0.465 e. The van der Waals surface area contributed by atoms with E-state index in [0.717, 1.165) is 5.56 Å². The van der Waals surface area contributed by atoms with Gasteiger partial charge in [0.25, 0.3) is 0 Å². The number of benzene rings is 1. The molecule has 0 aliphatic carbocycles. The highest BCUT2D eigenvalue weighted by Gasteiger charge is 2.28. The largest absolute Gasteiger partial charge is 0.465 e. The van der Waals surface area contributed by atoms with Gasteiger partial charge in [-0.05, 0) is 12.0 Å². The van der Waals surface area contributed by atoms with Gasteiger partial charge in [-0.2, -0.15) is 0 Å². The summed E-state index contributed by atoms with van der Waals surface area (Å²) in [5.74, 6) is 0.764. The van der Waals surface area contributed by atoms with E-state index in [1.165, 1.54) is 7.11 Å². The Balaban J connectivity index is 2.67. The average Bonchev–Trinajstić information content (AvgIpc) is 2.76. The van der Waals surface area contributed by atoms with Crippen molar-refractivity contribution >= 4 is 11.7 Å². The second-order valence-corrected chi connectivity index (χ2v) is 4.14. The number of hydrogen-bond donors (Lipinski definition) is 1. The Labute approximate surface area is 99.5 Å². The summed E-state index contributed by atoms with van der Waals surface area (Å²) in [7, 11) is 1.34. The number of methoxy groups -OCH3 is 1. The van der Waals surface area contributed by atoms with Crippen molar-refractivity contribution in [2.75, 3.05) is 19.6 Å². The summed E-state index contributed by atoms with van der Waals surface area (Å²) in [5.41, 5.74) is 7.42. The Kier molecular flexibility index (Phi) is 2.83. The van der Waals surface area contributed by atoms with Crippen LogP contribution in [0.2, 0.25) is 0 Å². The van der Waals surface area contributed by atoms with Gasteiger partial charge in [-0.1, -0.05) is 13.8 Å². The third-order valence-electron chi connectivity index (χ3n) is 2.69. The van der Waals surface area contributed by atoms with Crippen LogP contribution < -0.4 is 15.2 Å². The zero-order valence-electron chi connectivity index (χ0n) is 10.1. The van der Waals surface area contributed by atoms with E-state index in [1.54, 1.807) is 6.07 Å². The zero-order chi connectivity index (χ0) is 12.6. The molecule has 0 aromatic heterocycles. The Morgan fingerprint density at radius 3 is 2.65 bits per heavy atom. The Hall–Kier alpha value is -1.91. The van der Waals surface area contributed by atoms with Crippen LogP contribution in [0, 0.1) is 0 Å². The summed E-state index contributed by atoms with van der Waals surface area (Å²) >= 11 is 0. The highest BCUT2D eigenvalue weighted by Crippen LogP contribution is 2.45. The molecule has 1 aromatic rings. The number of rotatable bonds is 2. The molecule has 0 saturated carbocycles. The lowest BCUT2D eigenvalue weighted by molar-refractivity contribution is 0.0598. The van der Waals surface area contributed by atoms with Crippen molar-refractivity contribution in [2.45, 2.75) is 19.8 Å². The summed E-state index contributed by atoms with van der Waals surface area (Å²) in [5, 5.41) is 0. The second-order valence-electron chi connectivity index (χ2n) is 4.14. The fourth-order valence-corrected chi connectivity index (χ4v) is 1.97. The van der Waals surface area contributed by atoms with Crippen LogP contribution in [0.5, 0.6) is 11.5 Å². The van der Waals surface area contributed by atoms with Gasteiger partial charge in [-0.3, -0.25) is 0 Å². The van der Waals surface area contributed by atoms with Gasteiger partial charge in [-0.25, -0.2) is 4.79 Å². The van der Waals surface area contributed by atoms with Crippen LogP contribution in [-0.4, -0.2) is 19.9 Å². The number of nitrogen functional groups attached to an aromatic ring is 1. The van der Waals surface area contributed by atoms with E-state index < -0.39 is 5.97 Å². The molecule has 1 aliphatic rings. The first kappa shape index (κ1) is 11.6. The van der Waals surface area contributed by atoms with E-state index in [4.69, 9.17) is 19.9 Å². The molecule has 0 bridgehead atoms. The lowest BCUT2D eigenvalue weighted by atomic mass is 9.95. The van der Waals surface area contributed by atoms with Gasteiger partial charge in [0.2, 0.25) is 6.79 Å². The van der Waals surface area contributed by atoms with Crippen molar-refractivity contribution in [1.82, 2.24) is 0 Å². The van der Waals surface area contributed by atoms with E-state index in [9.17, 15) is 4.79 Å². The summed E-state index contributed by atoms with van der Waals surface area (Å²) in [6, 6.07) is 1.58. The highest BCUT2D eigenvalue weighted by molar-refractivity contribution is 5.94. The maximum atomic E-state index is 11.7. The number of nitrogens with two attached hydrogens (primary N) is 1. The van der Waals surface area contributed by atoms with Crippen molar-refractivity contribution in [3.63, 3.8) is 0 Å². The van der Waals surface area contributed by atoms with Crippen molar-refractivity contribution in [1.29, 1.82) is 0 Å². The van der Waals surface area contributed by atoms with Gasteiger partial charge in [0.15, 0.2) is 11.5 Å². The van der Waals surface area contributed by atoms with Crippen LogP contribution in [0.4, 0.5) is 5.69 Å². The molecule has 5 heteroatoms. The van der Waals surface area contributed by atoms with Crippen molar-refractivity contribution in [3.05, 3.63) is 17.2 Å². The van der Waals surface area contributed by atoms with Crippen LogP contribution >= 0.6 is 0 Å². The van der Waals surface area contributed by atoms with Gasteiger partial charge in [-0.15, -0.1) is 0 Å². The summed E-state index contributed by atoms with van der Waals surface area (Å²) in [6.07, 6.45) is 0. The molecule has 0 fully saturated rings. The summed E-state index contributed by atoms with van der Waals surface area (Å²) in [4.78, 5) is 11.7. The fraction of sp³-hybridized carbons (Fsp3) is 0.417. The molecule has 0 saturated heterocycles. The van der Waals surface area contributed by atoms with Gasteiger partial charge in [0.05, 0.1) is 18.4 Å². The quantitative estimate of drug-likeness (QED) is 0.628. The summed E-state index contributed by atoms with van der Waals surface area (Å²) in [6.45, 7) is 4.07. The van der Waals surface area contributed by atoms with Crippen LogP contribution in [0.15, 0.2) is 6.07 Å². The predicted octanol–water partition coefficient (Wildman–Crippen LogP) is 1.91. The molecular formula is C12H15NO4. The standard InChI is InChI=1S/C12H15NO4/c1-6(2)9-7(12(14)15-3)4-8(13)10-11(9)17-5-16-10/h4,6H,5,13H2,1-3H3. The van der Waals surface area contributed by atoms with Crippen LogP contribution in [0.3, 0.4) is 0 Å². The maximum absolute atomic E-state index is 11.7. The van der Waals surface area contributed by atoms with Crippen LogP contribution in [0.25, 0.3) is 0 Å². The molecule has 0 spiro atoms. The van der Waals surface area contributed by atoms with Gasteiger partial charge >= 0.3 is 5.97 Å². The minimum atomic E-state index is -0.418. The number of hydrogen-bond acceptors (Lipinski definition) is 5. The minimum absolute atomic E-state index is 0.111. The number of fused-ring (bicyclic) bond motifs is 1. The van der Waals surface area contributed by atoms with Gasteiger partial charge in [0.1, 0.15) is 0 Å². The van der Waals surface area contributed by atoms with Crippen molar-refractivity contribution < 1.29 is 19.0 Å². The SMILES string of the molecule is COC(=O)c1cc(N)c2c(c1C(C)C)OCO2. The molecule has 1 aliphatic heterocycles.